The summed E-state index contributed by atoms with van der Waals surface area (Å²) in [5, 5.41) is 0. The summed E-state index contributed by atoms with van der Waals surface area (Å²) in [5.74, 6) is 0.941. The van der Waals surface area contributed by atoms with Crippen LogP contribution in [0.3, 0.4) is 0 Å². The SMILES string of the molecule is COc1ccc2c(c1)CCC(N1CCC(C)(C)C1)C2N. The van der Waals surface area contributed by atoms with Crippen LogP contribution in [0, 0.1) is 5.41 Å². The Balaban J connectivity index is 1.81. The van der Waals surface area contributed by atoms with Crippen LogP contribution in [-0.2, 0) is 6.42 Å². The van der Waals surface area contributed by atoms with Crippen LogP contribution in [0.4, 0.5) is 0 Å². The maximum atomic E-state index is 6.57. The molecule has 110 valence electrons. The second-order valence-electron chi connectivity index (χ2n) is 7.08. The Kier molecular flexibility index (Phi) is 3.51. The highest BCUT2D eigenvalue weighted by molar-refractivity contribution is 5.40. The Morgan fingerprint density at radius 3 is 2.80 bits per heavy atom. The van der Waals surface area contributed by atoms with E-state index in [0.29, 0.717) is 11.5 Å². The summed E-state index contributed by atoms with van der Waals surface area (Å²) in [4.78, 5) is 2.61. The molecule has 1 heterocycles. The Bertz CT molecular complexity index is 498. The molecule has 0 bridgehead atoms. The minimum atomic E-state index is 0.138. The fourth-order valence-electron chi connectivity index (χ4n) is 3.79. The van der Waals surface area contributed by atoms with Gasteiger partial charge in [-0.25, -0.2) is 0 Å². The molecular formula is C17H26N2O. The van der Waals surface area contributed by atoms with Crippen LogP contribution in [0.5, 0.6) is 5.75 Å². The molecule has 3 rings (SSSR count). The standard InChI is InChI=1S/C17H26N2O/c1-17(2)8-9-19(11-17)15-7-4-12-10-13(20-3)5-6-14(12)16(15)18/h5-6,10,15-16H,4,7-9,11,18H2,1-3H3. The second kappa shape index (κ2) is 5.05. The van der Waals surface area contributed by atoms with Crippen molar-refractivity contribution in [1.29, 1.82) is 0 Å². The quantitative estimate of drug-likeness (QED) is 0.901. The highest BCUT2D eigenvalue weighted by Gasteiger charge is 2.38. The lowest BCUT2D eigenvalue weighted by Crippen LogP contribution is -2.44. The zero-order chi connectivity index (χ0) is 14.3. The summed E-state index contributed by atoms with van der Waals surface area (Å²) in [5.41, 5.74) is 9.69. The van der Waals surface area contributed by atoms with Gasteiger partial charge in [0.05, 0.1) is 7.11 Å². The van der Waals surface area contributed by atoms with Gasteiger partial charge in [-0.2, -0.15) is 0 Å². The van der Waals surface area contributed by atoms with Crippen molar-refractivity contribution in [1.82, 2.24) is 4.90 Å². The van der Waals surface area contributed by atoms with Crippen LogP contribution in [-0.4, -0.2) is 31.1 Å². The summed E-state index contributed by atoms with van der Waals surface area (Å²) in [6, 6.07) is 6.98. The van der Waals surface area contributed by atoms with Gasteiger partial charge in [0, 0.05) is 18.6 Å². The maximum Gasteiger partial charge on any atom is 0.119 e. The summed E-state index contributed by atoms with van der Waals surface area (Å²) < 4.78 is 5.32. The first-order chi connectivity index (χ1) is 9.50. The maximum absolute atomic E-state index is 6.57. The lowest BCUT2D eigenvalue weighted by Gasteiger charge is -2.38. The van der Waals surface area contributed by atoms with E-state index in [1.165, 1.54) is 30.6 Å². The molecule has 1 aromatic carbocycles. The highest BCUT2D eigenvalue weighted by atomic mass is 16.5. The van der Waals surface area contributed by atoms with Crippen LogP contribution < -0.4 is 10.5 Å². The lowest BCUT2D eigenvalue weighted by atomic mass is 9.83. The molecule has 1 aliphatic heterocycles. The number of nitrogens with zero attached hydrogens (tertiary/aromatic N) is 1. The van der Waals surface area contributed by atoms with Gasteiger partial charge in [0.25, 0.3) is 0 Å². The topological polar surface area (TPSA) is 38.5 Å². The number of aryl methyl sites for hydroxylation is 1. The number of methoxy groups -OCH3 is 1. The van der Waals surface area contributed by atoms with E-state index in [1.54, 1.807) is 7.11 Å². The largest absolute Gasteiger partial charge is 0.497 e. The third-order valence-corrected chi connectivity index (χ3v) is 5.01. The lowest BCUT2D eigenvalue weighted by molar-refractivity contribution is 0.173. The van der Waals surface area contributed by atoms with E-state index in [2.05, 4.69) is 30.9 Å². The fourth-order valence-corrected chi connectivity index (χ4v) is 3.79. The van der Waals surface area contributed by atoms with Gasteiger partial charge >= 0.3 is 0 Å². The molecule has 0 aromatic heterocycles. The summed E-state index contributed by atoms with van der Waals surface area (Å²) in [6.45, 7) is 7.09. The summed E-state index contributed by atoms with van der Waals surface area (Å²) in [7, 11) is 1.72. The monoisotopic (exact) mass is 274 g/mol. The molecule has 0 saturated carbocycles. The molecule has 0 radical (unpaired) electrons. The van der Waals surface area contributed by atoms with E-state index < -0.39 is 0 Å². The van der Waals surface area contributed by atoms with Gasteiger partial charge in [0.1, 0.15) is 5.75 Å². The van der Waals surface area contributed by atoms with Crippen molar-refractivity contribution in [2.24, 2.45) is 11.1 Å². The molecule has 1 aliphatic carbocycles. The van der Waals surface area contributed by atoms with Gasteiger partial charge in [-0.15, -0.1) is 0 Å². The van der Waals surface area contributed by atoms with Crippen LogP contribution in [0.25, 0.3) is 0 Å². The van der Waals surface area contributed by atoms with Gasteiger partial charge in [-0.3, -0.25) is 4.90 Å². The molecule has 0 amide bonds. The Morgan fingerprint density at radius 1 is 1.35 bits per heavy atom. The van der Waals surface area contributed by atoms with E-state index in [4.69, 9.17) is 10.5 Å². The number of nitrogens with two attached hydrogens (primary N) is 1. The average molecular weight is 274 g/mol. The van der Waals surface area contributed by atoms with Crippen molar-refractivity contribution >= 4 is 0 Å². The van der Waals surface area contributed by atoms with E-state index in [1.807, 2.05) is 6.07 Å². The minimum absolute atomic E-state index is 0.138. The third kappa shape index (κ3) is 2.45. The number of hydrogen-bond acceptors (Lipinski definition) is 3. The van der Waals surface area contributed by atoms with Gasteiger partial charge in [-0.1, -0.05) is 19.9 Å². The second-order valence-corrected chi connectivity index (χ2v) is 7.08. The number of ether oxygens (including phenoxy) is 1. The molecule has 0 spiro atoms. The number of hydrogen-bond donors (Lipinski definition) is 1. The summed E-state index contributed by atoms with van der Waals surface area (Å²) in [6.07, 6.45) is 3.56. The number of fused-ring (bicyclic) bond motifs is 1. The Hall–Kier alpha value is -1.06. The number of rotatable bonds is 2. The van der Waals surface area contributed by atoms with Crippen molar-refractivity contribution in [2.45, 2.75) is 45.2 Å². The van der Waals surface area contributed by atoms with E-state index in [-0.39, 0.29) is 6.04 Å². The van der Waals surface area contributed by atoms with E-state index in [9.17, 15) is 0 Å². The van der Waals surface area contributed by atoms with Crippen LogP contribution >= 0.6 is 0 Å². The van der Waals surface area contributed by atoms with Gasteiger partial charge in [0.2, 0.25) is 0 Å². The minimum Gasteiger partial charge on any atom is -0.497 e. The summed E-state index contributed by atoms with van der Waals surface area (Å²) >= 11 is 0. The molecule has 3 heteroatoms. The smallest absolute Gasteiger partial charge is 0.119 e. The van der Waals surface area contributed by atoms with Crippen LogP contribution in [0.1, 0.15) is 43.9 Å². The first-order valence-electron chi connectivity index (χ1n) is 7.67. The predicted octanol–water partition coefficient (Wildman–Crippen LogP) is 2.74. The molecule has 2 unspecified atom stereocenters. The molecule has 2 atom stereocenters. The molecule has 3 nitrogen and oxygen atoms in total. The fraction of sp³-hybridized carbons (Fsp3) is 0.647. The predicted molar refractivity (Wildman–Crippen MR) is 82.0 cm³/mol. The first-order valence-corrected chi connectivity index (χ1v) is 7.67. The van der Waals surface area contributed by atoms with Crippen molar-refractivity contribution in [3.05, 3.63) is 29.3 Å². The molecular weight excluding hydrogens is 248 g/mol. The van der Waals surface area contributed by atoms with Crippen molar-refractivity contribution in [3.8, 4) is 5.75 Å². The number of benzene rings is 1. The third-order valence-electron chi connectivity index (χ3n) is 5.01. The Morgan fingerprint density at radius 2 is 2.15 bits per heavy atom. The zero-order valence-corrected chi connectivity index (χ0v) is 12.9. The zero-order valence-electron chi connectivity index (χ0n) is 12.9. The van der Waals surface area contributed by atoms with Crippen molar-refractivity contribution in [3.63, 3.8) is 0 Å². The number of likely N-dealkylation sites (tertiary alicyclic amines) is 1. The normalized spacial score (nSPS) is 29.2. The van der Waals surface area contributed by atoms with Crippen molar-refractivity contribution < 1.29 is 4.74 Å². The van der Waals surface area contributed by atoms with Gasteiger partial charge in [0.15, 0.2) is 0 Å². The molecule has 1 aromatic rings. The molecule has 1 saturated heterocycles. The molecule has 1 fully saturated rings. The molecule has 20 heavy (non-hydrogen) atoms. The van der Waals surface area contributed by atoms with Crippen molar-refractivity contribution in [2.75, 3.05) is 20.2 Å². The van der Waals surface area contributed by atoms with Gasteiger partial charge < -0.3 is 10.5 Å². The average Bonchev–Trinajstić information content (AvgIpc) is 2.79. The van der Waals surface area contributed by atoms with Gasteiger partial charge in [-0.05, 0) is 54.5 Å². The molecule has 2 N–H and O–H groups in total. The Labute approximate surface area is 122 Å². The van der Waals surface area contributed by atoms with Crippen LogP contribution in [0.15, 0.2) is 18.2 Å². The van der Waals surface area contributed by atoms with E-state index >= 15 is 0 Å². The molecule has 2 aliphatic rings. The van der Waals surface area contributed by atoms with E-state index in [0.717, 1.165) is 18.6 Å². The highest BCUT2D eigenvalue weighted by Crippen LogP contribution is 2.38. The van der Waals surface area contributed by atoms with Crippen LogP contribution in [0.2, 0.25) is 0 Å². The first kappa shape index (κ1) is 13.9.